The Labute approximate surface area is 196 Å². The summed E-state index contributed by atoms with van der Waals surface area (Å²) in [5, 5.41) is 15.3. The van der Waals surface area contributed by atoms with Gasteiger partial charge in [-0.3, -0.25) is 14.5 Å². The van der Waals surface area contributed by atoms with Gasteiger partial charge in [-0.05, 0) is 55.8 Å². The zero-order valence-electron chi connectivity index (χ0n) is 19.4. The number of carbonyl (C=O) groups excluding carboxylic acids is 2. The molecule has 1 aliphatic rings. The Bertz CT molecular complexity index is 1310. The molecule has 0 aliphatic carbocycles. The summed E-state index contributed by atoms with van der Waals surface area (Å²) >= 11 is 0. The number of ketones is 1. The van der Waals surface area contributed by atoms with Crippen LogP contribution in [-0.4, -0.2) is 43.3 Å². The number of methoxy groups -OCH3 is 3. The van der Waals surface area contributed by atoms with Crippen molar-refractivity contribution in [1.29, 1.82) is 0 Å². The molecule has 1 fully saturated rings. The van der Waals surface area contributed by atoms with E-state index in [1.54, 1.807) is 56.5 Å². The van der Waals surface area contributed by atoms with E-state index in [1.165, 1.54) is 19.1 Å². The molecule has 0 spiro atoms. The van der Waals surface area contributed by atoms with E-state index in [2.05, 4.69) is 5.16 Å². The molecule has 9 heteroatoms. The maximum Gasteiger partial charge on any atom is 0.301 e. The van der Waals surface area contributed by atoms with Crippen LogP contribution in [0.4, 0.5) is 5.82 Å². The molecule has 0 bridgehead atoms. The number of nitrogens with zero attached hydrogens (tertiary/aromatic N) is 2. The van der Waals surface area contributed by atoms with Crippen molar-refractivity contribution in [1.82, 2.24) is 5.16 Å². The maximum absolute atomic E-state index is 13.3. The van der Waals surface area contributed by atoms with Gasteiger partial charge in [0.15, 0.2) is 5.82 Å². The molecule has 1 atom stereocenters. The van der Waals surface area contributed by atoms with Gasteiger partial charge >= 0.3 is 5.91 Å². The van der Waals surface area contributed by atoms with Crippen molar-refractivity contribution >= 4 is 23.3 Å². The van der Waals surface area contributed by atoms with Crippen LogP contribution in [-0.2, 0) is 9.59 Å². The third-order valence-corrected chi connectivity index (χ3v) is 5.71. The molecule has 0 radical (unpaired) electrons. The highest BCUT2D eigenvalue weighted by Gasteiger charge is 2.49. The van der Waals surface area contributed by atoms with E-state index >= 15 is 0 Å². The number of amides is 1. The number of rotatable bonds is 6. The monoisotopic (exact) mass is 464 g/mol. The summed E-state index contributed by atoms with van der Waals surface area (Å²) < 4.78 is 21.3. The lowest BCUT2D eigenvalue weighted by molar-refractivity contribution is -0.132. The van der Waals surface area contributed by atoms with Gasteiger partial charge < -0.3 is 23.8 Å². The van der Waals surface area contributed by atoms with Crippen LogP contribution >= 0.6 is 0 Å². The number of Topliss-reactive ketones (excluding diaryl/α,β-unsaturated/α-hetero) is 1. The van der Waals surface area contributed by atoms with Gasteiger partial charge in [-0.1, -0.05) is 5.16 Å². The number of aryl methyl sites for hydroxylation is 2. The SMILES string of the molecule is COc1ccc(OC)c([C@H]2/C(=C(\O)c3ccc(OC)c(C)c3)C(=O)C(=O)N2c2cc(C)on2)c1. The Morgan fingerprint density at radius 3 is 2.26 bits per heavy atom. The van der Waals surface area contributed by atoms with Crippen molar-refractivity contribution in [2.45, 2.75) is 19.9 Å². The molecule has 2 aromatic carbocycles. The molecule has 1 aliphatic heterocycles. The Kier molecular flexibility index (Phi) is 6.02. The lowest BCUT2D eigenvalue weighted by Gasteiger charge is -2.25. The normalized spacial score (nSPS) is 17.2. The molecule has 1 aromatic heterocycles. The Morgan fingerprint density at radius 2 is 1.68 bits per heavy atom. The molecule has 34 heavy (non-hydrogen) atoms. The zero-order chi connectivity index (χ0) is 24.6. The van der Waals surface area contributed by atoms with Gasteiger partial charge in [0.1, 0.15) is 34.8 Å². The summed E-state index contributed by atoms with van der Waals surface area (Å²) in [7, 11) is 4.52. The highest BCUT2D eigenvalue weighted by Crippen LogP contribution is 2.45. The molecule has 1 amide bonds. The van der Waals surface area contributed by atoms with Crippen LogP contribution in [0.2, 0.25) is 0 Å². The van der Waals surface area contributed by atoms with Gasteiger partial charge in [0.25, 0.3) is 5.78 Å². The fourth-order valence-corrected chi connectivity index (χ4v) is 4.06. The van der Waals surface area contributed by atoms with Gasteiger partial charge in [-0.25, -0.2) is 0 Å². The molecule has 3 aromatic rings. The van der Waals surface area contributed by atoms with Gasteiger partial charge in [0.2, 0.25) is 0 Å². The van der Waals surface area contributed by atoms with Gasteiger partial charge in [-0.15, -0.1) is 0 Å². The standard InChI is InChI=1S/C25H24N2O7/c1-13-10-15(6-8-18(13)32-4)23(28)21-22(17-12-16(31-3)7-9-19(17)33-5)27(25(30)24(21)29)20-11-14(2)34-26-20/h6-12,22,28H,1-5H3/b23-21+/t22-/m0/s1. The fraction of sp³-hybridized carbons (Fsp3) is 0.240. The molecule has 176 valence electrons. The average molecular weight is 464 g/mol. The van der Waals surface area contributed by atoms with Crippen molar-refractivity contribution in [2.75, 3.05) is 26.2 Å². The molecule has 1 saturated heterocycles. The molecule has 4 rings (SSSR count). The summed E-state index contributed by atoms with van der Waals surface area (Å²) in [6, 6.07) is 10.5. The van der Waals surface area contributed by atoms with Crippen molar-refractivity contribution in [3.05, 3.63) is 70.5 Å². The summed E-state index contributed by atoms with van der Waals surface area (Å²) in [5.74, 6) is 0.0606. The number of aliphatic hydroxyl groups is 1. The topological polar surface area (TPSA) is 111 Å². The number of hydrogen-bond donors (Lipinski definition) is 1. The van der Waals surface area contributed by atoms with Crippen LogP contribution in [0.15, 0.2) is 52.6 Å². The van der Waals surface area contributed by atoms with E-state index in [0.29, 0.717) is 34.1 Å². The first-order valence-corrected chi connectivity index (χ1v) is 10.4. The number of carbonyl (C=O) groups is 2. The van der Waals surface area contributed by atoms with Crippen LogP contribution < -0.4 is 19.1 Å². The van der Waals surface area contributed by atoms with E-state index < -0.39 is 17.7 Å². The van der Waals surface area contributed by atoms with Gasteiger partial charge in [0.05, 0.1) is 26.9 Å². The third kappa shape index (κ3) is 3.75. The predicted octanol–water partition coefficient (Wildman–Crippen LogP) is 3.94. The lowest BCUT2D eigenvalue weighted by atomic mass is 9.94. The third-order valence-electron chi connectivity index (χ3n) is 5.71. The van der Waals surface area contributed by atoms with Crippen LogP contribution in [0.5, 0.6) is 17.2 Å². The molecule has 0 unspecified atom stereocenters. The number of ether oxygens (including phenoxy) is 3. The highest BCUT2D eigenvalue weighted by atomic mass is 16.5. The first kappa shape index (κ1) is 22.9. The van der Waals surface area contributed by atoms with Crippen molar-refractivity contribution in [3.8, 4) is 17.2 Å². The smallest absolute Gasteiger partial charge is 0.301 e. The number of anilines is 1. The van der Waals surface area contributed by atoms with Crippen LogP contribution in [0.3, 0.4) is 0 Å². The molecule has 0 saturated carbocycles. The largest absolute Gasteiger partial charge is 0.507 e. The molecular weight excluding hydrogens is 440 g/mol. The van der Waals surface area contributed by atoms with Crippen LogP contribution in [0, 0.1) is 13.8 Å². The fourth-order valence-electron chi connectivity index (χ4n) is 4.06. The van der Waals surface area contributed by atoms with Crippen molar-refractivity contribution in [2.24, 2.45) is 0 Å². The van der Waals surface area contributed by atoms with E-state index in [0.717, 1.165) is 5.56 Å². The lowest BCUT2D eigenvalue weighted by Crippen LogP contribution is -2.30. The number of hydrogen-bond acceptors (Lipinski definition) is 8. The highest BCUT2D eigenvalue weighted by molar-refractivity contribution is 6.51. The van der Waals surface area contributed by atoms with E-state index in [1.807, 2.05) is 6.92 Å². The minimum absolute atomic E-state index is 0.109. The Balaban J connectivity index is 2.00. The van der Waals surface area contributed by atoms with Gasteiger partial charge in [-0.2, -0.15) is 0 Å². The van der Waals surface area contributed by atoms with E-state index in [9.17, 15) is 14.7 Å². The van der Waals surface area contributed by atoms with Crippen LogP contribution in [0.25, 0.3) is 5.76 Å². The second-order valence-corrected chi connectivity index (χ2v) is 7.76. The van der Waals surface area contributed by atoms with E-state index in [-0.39, 0.29) is 17.2 Å². The Hall–Kier alpha value is -4.27. The summed E-state index contributed by atoms with van der Waals surface area (Å²) in [6.07, 6.45) is 0. The first-order valence-electron chi connectivity index (χ1n) is 10.4. The predicted molar refractivity (Wildman–Crippen MR) is 123 cm³/mol. The maximum atomic E-state index is 13.3. The molecule has 1 N–H and O–H groups in total. The number of aromatic nitrogens is 1. The second-order valence-electron chi connectivity index (χ2n) is 7.76. The Morgan fingerprint density at radius 1 is 0.971 bits per heavy atom. The summed E-state index contributed by atoms with van der Waals surface area (Å²) in [4.78, 5) is 27.7. The average Bonchev–Trinajstić information content (AvgIpc) is 3.38. The summed E-state index contributed by atoms with van der Waals surface area (Å²) in [5.41, 5.74) is 1.44. The van der Waals surface area contributed by atoms with E-state index in [4.69, 9.17) is 18.7 Å². The molecule has 2 heterocycles. The van der Waals surface area contributed by atoms with Gasteiger partial charge in [0, 0.05) is 17.2 Å². The second kappa shape index (κ2) is 8.93. The first-order chi connectivity index (χ1) is 16.3. The zero-order valence-corrected chi connectivity index (χ0v) is 19.4. The van der Waals surface area contributed by atoms with Crippen molar-refractivity contribution in [3.63, 3.8) is 0 Å². The quantitative estimate of drug-likeness (QED) is 0.332. The minimum Gasteiger partial charge on any atom is -0.507 e. The summed E-state index contributed by atoms with van der Waals surface area (Å²) in [6.45, 7) is 3.49. The number of aliphatic hydroxyl groups excluding tert-OH is 1. The molecule has 9 nitrogen and oxygen atoms in total. The van der Waals surface area contributed by atoms with Crippen molar-refractivity contribution < 1.29 is 33.4 Å². The number of benzene rings is 2. The molecular formula is C25H24N2O7. The minimum atomic E-state index is -1.04. The van der Waals surface area contributed by atoms with Crippen LogP contribution in [0.1, 0.15) is 28.5 Å².